The third-order valence-electron chi connectivity index (χ3n) is 8.75. The fourth-order valence-corrected chi connectivity index (χ4v) is 7.88. The minimum atomic E-state index is -0.909. The van der Waals surface area contributed by atoms with Crippen LogP contribution in [0.3, 0.4) is 0 Å². The first-order valence-electron chi connectivity index (χ1n) is 10.1. The van der Waals surface area contributed by atoms with Gasteiger partial charge in [-0.15, -0.1) is 0 Å². The molecule has 6 rings (SSSR count). The summed E-state index contributed by atoms with van der Waals surface area (Å²) in [5.74, 6) is 0.110. The van der Waals surface area contributed by atoms with Crippen LogP contribution in [0, 0.1) is 34.5 Å². The first-order valence-corrected chi connectivity index (χ1v) is 10.1. The predicted molar refractivity (Wildman–Crippen MR) is 93.9 cm³/mol. The number of carbonyl (C=O) groups is 2. The average molecular weight is 362 g/mol. The number of amides is 1. The molecule has 5 aliphatic carbocycles. The van der Waals surface area contributed by atoms with Crippen LogP contribution >= 0.6 is 0 Å². The second-order valence-electron chi connectivity index (χ2n) is 10.8. The Morgan fingerprint density at radius 1 is 1.15 bits per heavy atom. The number of aliphatic hydroxyl groups is 1. The zero-order valence-corrected chi connectivity index (χ0v) is 15.6. The van der Waals surface area contributed by atoms with Crippen LogP contribution in [0.25, 0.3) is 0 Å². The molecule has 1 amide bonds. The van der Waals surface area contributed by atoms with E-state index in [2.05, 4.69) is 13.8 Å². The second-order valence-corrected chi connectivity index (χ2v) is 10.8. The number of likely N-dealkylation sites (tertiary alicyclic amines) is 1. The number of carboxylic acids is 1. The van der Waals surface area contributed by atoms with Crippen molar-refractivity contribution in [1.29, 1.82) is 0 Å². The Kier molecular flexibility index (Phi) is 3.15. The number of piperidine rings is 1. The van der Waals surface area contributed by atoms with Gasteiger partial charge in [-0.2, -0.15) is 0 Å². The van der Waals surface area contributed by atoms with E-state index in [9.17, 15) is 19.8 Å². The molecule has 0 aromatic carbocycles. The Morgan fingerprint density at radius 3 is 2.31 bits per heavy atom. The maximum absolute atomic E-state index is 13.3. The van der Waals surface area contributed by atoms with Crippen LogP contribution in [0.15, 0.2) is 0 Å². The van der Waals surface area contributed by atoms with Gasteiger partial charge in [0, 0.05) is 12.5 Å². The molecule has 4 bridgehead atoms. The Hall–Kier alpha value is -1.14. The van der Waals surface area contributed by atoms with E-state index in [1.165, 1.54) is 0 Å². The summed E-state index contributed by atoms with van der Waals surface area (Å²) in [6.45, 7) is 4.69. The monoisotopic (exact) mass is 362 g/mol. The van der Waals surface area contributed by atoms with Crippen LogP contribution in [0.4, 0.5) is 0 Å². The Morgan fingerprint density at radius 2 is 1.77 bits per heavy atom. The number of aliphatic carboxylic acids is 1. The summed E-state index contributed by atoms with van der Waals surface area (Å²) in [6, 6.07) is -1.44. The standard InChI is InChI=1S/C20H30N2O4/c1-18(2)12-8-22(14(13(12)18)17(24)25)16(23)15(21)19-4-10-3-11(5-19)7-20(26,6-10)9-19/h10-15,26H,3-9,21H2,1-2H3,(H,24,25)/t10-,11+,12-,13-,14-,15+,19?,20?/m0/s1. The fraction of sp³-hybridized carbons (Fsp3) is 0.900. The number of fused-ring (bicyclic) bond motifs is 1. The van der Waals surface area contributed by atoms with Gasteiger partial charge in [-0.25, -0.2) is 4.79 Å². The molecule has 6 nitrogen and oxygen atoms in total. The number of hydrogen-bond donors (Lipinski definition) is 3. The van der Waals surface area contributed by atoms with Crippen molar-refractivity contribution in [3.8, 4) is 0 Å². The number of carboxylic acid groups (broad SMARTS) is 1. The lowest BCUT2D eigenvalue weighted by molar-refractivity contribution is -0.179. The molecule has 8 atom stereocenters. The molecule has 6 fully saturated rings. The number of rotatable bonds is 3. The van der Waals surface area contributed by atoms with E-state index in [1.54, 1.807) is 4.90 Å². The van der Waals surface area contributed by atoms with Crippen LogP contribution in [0.5, 0.6) is 0 Å². The van der Waals surface area contributed by atoms with Gasteiger partial charge in [0.25, 0.3) is 0 Å². The minimum Gasteiger partial charge on any atom is -0.480 e. The number of carbonyl (C=O) groups excluding carboxylic acids is 1. The van der Waals surface area contributed by atoms with Gasteiger partial charge in [0.2, 0.25) is 5.91 Å². The molecule has 1 aliphatic heterocycles. The molecule has 1 saturated heterocycles. The van der Waals surface area contributed by atoms with Gasteiger partial charge >= 0.3 is 5.97 Å². The topological polar surface area (TPSA) is 104 Å². The molecular formula is C20H30N2O4. The molecule has 5 saturated carbocycles. The van der Waals surface area contributed by atoms with Crippen molar-refractivity contribution >= 4 is 11.9 Å². The van der Waals surface area contributed by atoms with E-state index in [4.69, 9.17) is 5.73 Å². The molecule has 0 spiro atoms. The van der Waals surface area contributed by atoms with Crippen LogP contribution in [-0.4, -0.2) is 51.2 Å². The van der Waals surface area contributed by atoms with Crippen LogP contribution < -0.4 is 5.73 Å². The minimum absolute atomic E-state index is 0.000223. The first kappa shape index (κ1) is 17.0. The van der Waals surface area contributed by atoms with Crippen LogP contribution in [-0.2, 0) is 9.59 Å². The van der Waals surface area contributed by atoms with Crippen LogP contribution in [0.1, 0.15) is 52.4 Å². The number of nitrogens with zero attached hydrogens (tertiary/aromatic N) is 1. The summed E-state index contributed by atoms with van der Waals surface area (Å²) in [5, 5.41) is 20.7. The highest BCUT2D eigenvalue weighted by Gasteiger charge is 2.70. The normalized spacial score (nSPS) is 51.2. The summed E-state index contributed by atoms with van der Waals surface area (Å²) < 4.78 is 0. The highest BCUT2D eigenvalue weighted by Crippen LogP contribution is 2.66. The van der Waals surface area contributed by atoms with Gasteiger partial charge in [-0.3, -0.25) is 4.79 Å². The maximum Gasteiger partial charge on any atom is 0.326 e. The highest BCUT2D eigenvalue weighted by atomic mass is 16.4. The second kappa shape index (κ2) is 4.82. The van der Waals surface area contributed by atoms with Crippen molar-refractivity contribution in [2.24, 2.45) is 40.2 Å². The summed E-state index contributed by atoms with van der Waals surface area (Å²) in [5.41, 5.74) is 5.54. The summed E-state index contributed by atoms with van der Waals surface area (Å²) >= 11 is 0. The van der Waals surface area contributed by atoms with Crippen LogP contribution in [0.2, 0.25) is 0 Å². The van der Waals surface area contributed by atoms with Gasteiger partial charge in [0.05, 0.1) is 11.6 Å². The summed E-state index contributed by atoms with van der Waals surface area (Å²) in [4.78, 5) is 26.8. The average Bonchev–Trinajstić information content (AvgIpc) is 2.90. The lowest BCUT2D eigenvalue weighted by Gasteiger charge is -2.61. The van der Waals surface area contributed by atoms with Crippen molar-refractivity contribution in [3.63, 3.8) is 0 Å². The zero-order valence-electron chi connectivity index (χ0n) is 15.6. The van der Waals surface area contributed by atoms with Gasteiger partial charge < -0.3 is 20.8 Å². The number of nitrogens with two attached hydrogens (primary N) is 1. The van der Waals surface area contributed by atoms with Crippen molar-refractivity contribution in [3.05, 3.63) is 0 Å². The molecule has 2 unspecified atom stereocenters. The molecule has 0 aromatic rings. The van der Waals surface area contributed by atoms with Gasteiger partial charge in [0.1, 0.15) is 6.04 Å². The lowest BCUT2D eigenvalue weighted by Crippen LogP contribution is -2.65. The molecule has 6 heteroatoms. The van der Waals surface area contributed by atoms with E-state index in [1.807, 2.05) is 0 Å². The Balaban J connectivity index is 1.40. The largest absolute Gasteiger partial charge is 0.480 e. The van der Waals surface area contributed by atoms with Gasteiger partial charge in [0.15, 0.2) is 0 Å². The van der Waals surface area contributed by atoms with E-state index >= 15 is 0 Å². The Bertz CT molecular complexity index is 675. The third-order valence-corrected chi connectivity index (χ3v) is 8.75. The zero-order chi connectivity index (χ0) is 18.6. The van der Waals surface area contributed by atoms with Crippen molar-refractivity contribution in [2.75, 3.05) is 6.54 Å². The van der Waals surface area contributed by atoms with E-state index in [0.29, 0.717) is 24.8 Å². The quantitative estimate of drug-likeness (QED) is 0.700. The molecule has 0 aromatic heterocycles. The fourth-order valence-electron chi connectivity index (χ4n) is 7.88. The summed E-state index contributed by atoms with van der Waals surface area (Å²) in [7, 11) is 0. The van der Waals surface area contributed by atoms with E-state index in [0.717, 1.165) is 32.1 Å². The van der Waals surface area contributed by atoms with Crippen molar-refractivity contribution in [2.45, 2.75) is 70.1 Å². The molecule has 26 heavy (non-hydrogen) atoms. The smallest absolute Gasteiger partial charge is 0.326 e. The van der Waals surface area contributed by atoms with Crippen molar-refractivity contribution < 1.29 is 19.8 Å². The first-order chi connectivity index (χ1) is 12.1. The Labute approximate surface area is 154 Å². The van der Waals surface area contributed by atoms with E-state index in [-0.39, 0.29) is 28.6 Å². The number of hydrogen-bond acceptors (Lipinski definition) is 4. The molecular weight excluding hydrogens is 332 g/mol. The SMILES string of the molecule is CC1(C)[C@@H]2[C@@H](C(=O)O)N(C(=O)[C@@H](N)C34C[C@@H]5C[C@@H](CC(O)(C5)C3)C4)C[C@@H]21. The third kappa shape index (κ3) is 2.06. The maximum atomic E-state index is 13.3. The molecule has 144 valence electrons. The van der Waals surface area contributed by atoms with E-state index < -0.39 is 23.7 Å². The van der Waals surface area contributed by atoms with Gasteiger partial charge in [-0.1, -0.05) is 13.8 Å². The highest BCUT2D eigenvalue weighted by molar-refractivity contribution is 5.89. The van der Waals surface area contributed by atoms with Crippen molar-refractivity contribution in [1.82, 2.24) is 4.90 Å². The molecule has 4 N–H and O–H groups in total. The molecule has 1 heterocycles. The molecule has 0 radical (unpaired) electrons. The van der Waals surface area contributed by atoms with Gasteiger partial charge in [-0.05, 0) is 67.1 Å². The molecule has 6 aliphatic rings. The lowest BCUT2D eigenvalue weighted by atomic mass is 9.46. The predicted octanol–water partition coefficient (Wildman–Crippen LogP) is 1.21. The summed E-state index contributed by atoms with van der Waals surface area (Å²) in [6.07, 6.45) is 5.23.